The van der Waals surface area contributed by atoms with E-state index in [9.17, 15) is 0 Å². The van der Waals surface area contributed by atoms with Crippen LogP contribution in [0, 0.1) is 0 Å². The van der Waals surface area contributed by atoms with E-state index in [1.165, 1.54) is 58.0 Å². The molecule has 20 heavy (non-hydrogen) atoms. The molecule has 0 aromatic rings. The molecular weight excluding hydrogens is 246 g/mol. The summed E-state index contributed by atoms with van der Waals surface area (Å²) in [6, 6.07) is 4.19. The second-order valence-electron chi connectivity index (χ2n) is 7.46. The Balaban J connectivity index is 1.59. The van der Waals surface area contributed by atoms with Crippen LogP contribution in [0.1, 0.15) is 58.8 Å². The SMILES string of the molecule is CCCNC1CC2CCC(C1)N2C1CCN(C)C(C)C1. The molecule has 1 N–H and O–H groups in total. The van der Waals surface area contributed by atoms with Gasteiger partial charge >= 0.3 is 0 Å². The molecule has 0 saturated carbocycles. The highest BCUT2D eigenvalue weighted by molar-refractivity contribution is 5.01. The summed E-state index contributed by atoms with van der Waals surface area (Å²) in [5, 5.41) is 3.78. The van der Waals surface area contributed by atoms with E-state index in [0.29, 0.717) is 0 Å². The number of fused-ring (bicyclic) bond motifs is 2. The highest BCUT2D eigenvalue weighted by atomic mass is 15.3. The molecule has 0 spiro atoms. The van der Waals surface area contributed by atoms with Gasteiger partial charge in [-0.25, -0.2) is 0 Å². The van der Waals surface area contributed by atoms with Gasteiger partial charge in [0.2, 0.25) is 0 Å². The molecule has 3 heteroatoms. The maximum absolute atomic E-state index is 3.78. The van der Waals surface area contributed by atoms with E-state index in [1.54, 1.807) is 0 Å². The highest BCUT2D eigenvalue weighted by Gasteiger charge is 2.44. The molecule has 0 aromatic heterocycles. The number of rotatable bonds is 4. The molecule has 0 radical (unpaired) electrons. The number of hydrogen-bond acceptors (Lipinski definition) is 3. The van der Waals surface area contributed by atoms with Gasteiger partial charge in [0.05, 0.1) is 0 Å². The van der Waals surface area contributed by atoms with Gasteiger partial charge in [0.1, 0.15) is 0 Å². The molecule has 3 rings (SSSR count). The van der Waals surface area contributed by atoms with Crippen LogP contribution in [0.5, 0.6) is 0 Å². The van der Waals surface area contributed by atoms with Crippen LogP contribution < -0.4 is 5.32 Å². The Morgan fingerprint density at radius 2 is 1.65 bits per heavy atom. The van der Waals surface area contributed by atoms with Gasteiger partial charge in [-0.3, -0.25) is 4.90 Å². The fourth-order valence-electron chi connectivity index (χ4n) is 4.86. The second kappa shape index (κ2) is 6.33. The van der Waals surface area contributed by atoms with E-state index in [4.69, 9.17) is 0 Å². The predicted octanol–water partition coefficient (Wildman–Crippen LogP) is 2.46. The first kappa shape index (κ1) is 14.8. The van der Waals surface area contributed by atoms with Gasteiger partial charge in [-0.1, -0.05) is 6.92 Å². The molecule has 3 aliphatic rings. The van der Waals surface area contributed by atoms with Crippen LogP contribution in [0.15, 0.2) is 0 Å². The van der Waals surface area contributed by atoms with Crippen LogP contribution in [-0.4, -0.2) is 60.1 Å². The summed E-state index contributed by atoms with van der Waals surface area (Å²) in [7, 11) is 2.29. The van der Waals surface area contributed by atoms with Gasteiger partial charge < -0.3 is 10.2 Å². The maximum Gasteiger partial charge on any atom is 0.0128 e. The standard InChI is InChI=1S/C17H33N3/c1-4-8-18-14-11-15-5-6-16(12-14)20(15)17-7-9-19(3)13(2)10-17/h13-18H,4-12H2,1-3H3. The zero-order chi connectivity index (χ0) is 14.1. The van der Waals surface area contributed by atoms with E-state index >= 15 is 0 Å². The summed E-state index contributed by atoms with van der Waals surface area (Å²) in [4.78, 5) is 5.49. The minimum absolute atomic E-state index is 0.768. The first-order chi connectivity index (χ1) is 9.69. The zero-order valence-corrected chi connectivity index (χ0v) is 13.6. The molecule has 116 valence electrons. The largest absolute Gasteiger partial charge is 0.314 e. The monoisotopic (exact) mass is 279 g/mol. The van der Waals surface area contributed by atoms with E-state index in [0.717, 1.165) is 30.2 Å². The summed E-state index contributed by atoms with van der Waals surface area (Å²) in [5.74, 6) is 0. The van der Waals surface area contributed by atoms with Crippen molar-refractivity contribution in [1.29, 1.82) is 0 Å². The first-order valence-corrected chi connectivity index (χ1v) is 8.90. The Bertz CT molecular complexity index is 305. The van der Waals surface area contributed by atoms with E-state index in [1.807, 2.05) is 0 Å². The predicted molar refractivity (Wildman–Crippen MR) is 85.1 cm³/mol. The van der Waals surface area contributed by atoms with Crippen LogP contribution in [-0.2, 0) is 0 Å². The molecular formula is C17H33N3. The lowest BCUT2D eigenvalue weighted by atomic mass is 9.90. The molecule has 3 heterocycles. The van der Waals surface area contributed by atoms with Crippen molar-refractivity contribution in [3.63, 3.8) is 0 Å². The van der Waals surface area contributed by atoms with E-state index in [2.05, 4.69) is 36.0 Å². The minimum atomic E-state index is 0.768. The van der Waals surface area contributed by atoms with Crippen molar-refractivity contribution in [2.24, 2.45) is 0 Å². The van der Waals surface area contributed by atoms with Gasteiger partial charge in [0, 0.05) is 30.2 Å². The average Bonchev–Trinajstić information content (AvgIpc) is 2.71. The lowest BCUT2D eigenvalue weighted by molar-refractivity contribution is 0.0229. The van der Waals surface area contributed by atoms with Crippen molar-refractivity contribution in [3.05, 3.63) is 0 Å². The van der Waals surface area contributed by atoms with Gasteiger partial charge in [-0.05, 0) is 72.0 Å². The number of hydrogen-bond donors (Lipinski definition) is 1. The topological polar surface area (TPSA) is 18.5 Å². The lowest BCUT2D eigenvalue weighted by Gasteiger charge is -2.47. The molecule has 0 aromatic carbocycles. The minimum Gasteiger partial charge on any atom is -0.314 e. The molecule has 3 nitrogen and oxygen atoms in total. The van der Waals surface area contributed by atoms with Crippen LogP contribution in [0.25, 0.3) is 0 Å². The molecule has 2 bridgehead atoms. The Morgan fingerprint density at radius 1 is 1.00 bits per heavy atom. The third-order valence-corrected chi connectivity index (χ3v) is 6.07. The molecule has 3 fully saturated rings. The van der Waals surface area contributed by atoms with Crippen molar-refractivity contribution in [2.75, 3.05) is 20.1 Å². The third kappa shape index (κ3) is 2.90. The summed E-state index contributed by atoms with van der Waals surface area (Å²) in [6.07, 6.45) is 9.75. The molecule has 3 aliphatic heterocycles. The van der Waals surface area contributed by atoms with Crippen molar-refractivity contribution in [3.8, 4) is 0 Å². The number of likely N-dealkylation sites (tertiary alicyclic amines) is 1. The molecule has 4 unspecified atom stereocenters. The van der Waals surface area contributed by atoms with E-state index < -0.39 is 0 Å². The second-order valence-corrected chi connectivity index (χ2v) is 7.46. The Kier molecular flexibility index (Phi) is 4.68. The lowest BCUT2D eigenvalue weighted by Crippen LogP contribution is -2.56. The third-order valence-electron chi connectivity index (χ3n) is 6.07. The van der Waals surface area contributed by atoms with Crippen molar-refractivity contribution in [2.45, 2.75) is 89.0 Å². The fourth-order valence-corrected chi connectivity index (χ4v) is 4.86. The van der Waals surface area contributed by atoms with Gasteiger partial charge in [-0.15, -0.1) is 0 Å². The normalized spacial score (nSPS) is 43.0. The molecule has 4 atom stereocenters. The van der Waals surface area contributed by atoms with Crippen LogP contribution in [0.4, 0.5) is 0 Å². The summed E-state index contributed by atoms with van der Waals surface area (Å²) in [5.41, 5.74) is 0. The van der Waals surface area contributed by atoms with E-state index in [-0.39, 0.29) is 0 Å². The van der Waals surface area contributed by atoms with Gasteiger partial charge in [0.15, 0.2) is 0 Å². The van der Waals surface area contributed by atoms with Gasteiger partial charge in [0.25, 0.3) is 0 Å². The smallest absolute Gasteiger partial charge is 0.0128 e. The maximum atomic E-state index is 3.78. The summed E-state index contributed by atoms with van der Waals surface area (Å²) >= 11 is 0. The zero-order valence-electron chi connectivity index (χ0n) is 13.6. The van der Waals surface area contributed by atoms with Crippen LogP contribution in [0.2, 0.25) is 0 Å². The Labute approximate surface area is 125 Å². The van der Waals surface area contributed by atoms with Crippen LogP contribution >= 0.6 is 0 Å². The Hall–Kier alpha value is -0.120. The Morgan fingerprint density at radius 3 is 2.25 bits per heavy atom. The molecule has 0 aliphatic carbocycles. The average molecular weight is 279 g/mol. The van der Waals surface area contributed by atoms with Crippen LogP contribution in [0.3, 0.4) is 0 Å². The van der Waals surface area contributed by atoms with Crippen molar-refractivity contribution < 1.29 is 0 Å². The number of piperidine rings is 2. The fraction of sp³-hybridized carbons (Fsp3) is 1.00. The number of nitrogens with one attached hydrogen (secondary N) is 1. The summed E-state index contributed by atoms with van der Waals surface area (Å²) < 4.78 is 0. The summed E-state index contributed by atoms with van der Waals surface area (Å²) in [6.45, 7) is 7.18. The highest BCUT2D eigenvalue weighted by Crippen LogP contribution is 2.39. The quantitative estimate of drug-likeness (QED) is 0.853. The number of nitrogens with zero attached hydrogens (tertiary/aromatic N) is 2. The van der Waals surface area contributed by atoms with Crippen molar-refractivity contribution in [1.82, 2.24) is 15.1 Å². The first-order valence-electron chi connectivity index (χ1n) is 8.90. The molecule has 3 saturated heterocycles. The van der Waals surface area contributed by atoms with Gasteiger partial charge in [-0.2, -0.15) is 0 Å². The molecule has 0 amide bonds. The van der Waals surface area contributed by atoms with Crippen molar-refractivity contribution >= 4 is 0 Å².